The molecule has 0 bridgehead atoms. The van der Waals surface area contributed by atoms with E-state index in [4.69, 9.17) is 0 Å². The molecule has 3 nitrogen and oxygen atoms in total. The zero-order valence-corrected chi connectivity index (χ0v) is 10.0. The van der Waals surface area contributed by atoms with Crippen molar-refractivity contribution in [2.45, 2.75) is 31.7 Å². The molecular weight excluding hydrogens is 176 g/mol. The topological polar surface area (TPSA) is 29.1 Å². The average Bonchev–Trinajstić information content (AvgIpc) is 2.09. The lowest BCUT2D eigenvalue weighted by atomic mass is 10.1. The lowest BCUT2D eigenvalue weighted by molar-refractivity contribution is -0.870. The molecular formula is C11H25N2O+. The van der Waals surface area contributed by atoms with Gasteiger partial charge in [-0.3, -0.25) is 0 Å². The van der Waals surface area contributed by atoms with Gasteiger partial charge in [0.1, 0.15) is 6.29 Å². The van der Waals surface area contributed by atoms with Crippen molar-refractivity contribution in [3.8, 4) is 0 Å². The van der Waals surface area contributed by atoms with Gasteiger partial charge in [-0.05, 0) is 26.3 Å². The molecule has 1 unspecified atom stereocenters. The predicted octanol–water partition coefficient (Wildman–Crippen LogP) is 1.04. The lowest BCUT2D eigenvalue weighted by Crippen LogP contribution is -2.35. The summed E-state index contributed by atoms with van der Waals surface area (Å²) in [5.41, 5.74) is 0. The minimum Gasteiger partial charge on any atom is -0.331 e. The highest BCUT2D eigenvalue weighted by molar-refractivity contribution is 5.57. The summed E-state index contributed by atoms with van der Waals surface area (Å²) < 4.78 is 1.03. The van der Waals surface area contributed by atoms with Crippen LogP contribution in [-0.4, -0.2) is 51.5 Å². The van der Waals surface area contributed by atoms with E-state index < -0.39 is 0 Å². The van der Waals surface area contributed by atoms with Crippen molar-refractivity contribution in [2.24, 2.45) is 0 Å². The molecule has 0 aliphatic rings. The minimum absolute atomic E-state index is 0.0547. The Labute approximate surface area is 88.1 Å². The van der Waals surface area contributed by atoms with Crippen LogP contribution < -0.4 is 5.32 Å². The predicted molar refractivity (Wildman–Crippen MR) is 60.3 cm³/mol. The van der Waals surface area contributed by atoms with Gasteiger partial charge in [0.05, 0.1) is 33.7 Å². The summed E-state index contributed by atoms with van der Waals surface area (Å²) in [5, 5.41) is 2.99. The van der Waals surface area contributed by atoms with Crippen LogP contribution in [0.2, 0.25) is 0 Å². The van der Waals surface area contributed by atoms with E-state index in [2.05, 4.69) is 26.5 Å². The van der Waals surface area contributed by atoms with Crippen LogP contribution in [-0.2, 0) is 4.79 Å². The first-order chi connectivity index (χ1) is 6.49. The van der Waals surface area contributed by atoms with Gasteiger partial charge in [-0.1, -0.05) is 6.42 Å². The van der Waals surface area contributed by atoms with Crippen LogP contribution in [0.1, 0.15) is 25.7 Å². The molecule has 0 saturated carbocycles. The highest BCUT2D eigenvalue weighted by Gasteiger charge is 2.06. The molecule has 0 radical (unpaired) electrons. The molecule has 1 atom stereocenters. The Balaban J connectivity index is 3.33. The van der Waals surface area contributed by atoms with Crippen molar-refractivity contribution in [2.75, 3.05) is 34.7 Å². The van der Waals surface area contributed by atoms with Crippen molar-refractivity contribution in [1.82, 2.24) is 5.32 Å². The first-order valence-corrected chi connectivity index (χ1v) is 5.42. The normalized spacial score (nSPS) is 14.0. The third-order valence-corrected chi connectivity index (χ3v) is 2.38. The second-order valence-corrected chi connectivity index (χ2v) is 4.89. The Hall–Kier alpha value is -0.410. The Morgan fingerprint density at radius 2 is 1.86 bits per heavy atom. The average molecular weight is 201 g/mol. The van der Waals surface area contributed by atoms with Crippen LogP contribution in [0.25, 0.3) is 0 Å². The second-order valence-electron chi connectivity index (χ2n) is 4.89. The number of aldehydes is 1. The number of hydrogen-bond donors (Lipinski definition) is 1. The van der Waals surface area contributed by atoms with E-state index in [-0.39, 0.29) is 6.04 Å². The molecule has 0 aromatic rings. The number of rotatable bonds is 8. The lowest BCUT2D eigenvalue weighted by Gasteiger charge is -2.23. The molecule has 0 rings (SSSR count). The zero-order chi connectivity index (χ0) is 11.0. The molecule has 0 aliphatic heterocycles. The zero-order valence-electron chi connectivity index (χ0n) is 10.0. The Kier molecular flexibility index (Phi) is 6.75. The van der Waals surface area contributed by atoms with Gasteiger partial charge < -0.3 is 14.6 Å². The number of nitrogens with zero attached hydrogens (tertiary/aromatic N) is 1. The van der Waals surface area contributed by atoms with Crippen LogP contribution in [0.15, 0.2) is 0 Å². The summed E-state index contributed by atoms with van der Waals surface area (Å²) in [7, 11) is 8.47. The Morgan fingerprint density at radius 1 is 1.21 bits per heavy atom. The molecule has 0 saturated heterocycles. The largest absolute Gasteiger partial charge is 0.331 e. The molecule has 0 amide bonds. The van der Waals surface area contributed by atoms with Gasteiger partial charge in [0.25, 0.3) is 0 Å². The summed E-state index contributed by atoms with van der Waals surface area (Å²) in [6.07, 6.45) is 5.58. The van der Waals surface area contributed by atoms with Crippen molar-refractivity contribution in [3.63, 3.8) is 0 Å². The Morgan fingerprint density at radius 3 is 2.29 bits per heavy atom. The monoisotopic (exact) mass is 201 g/mol. The number of nitrogens with one attached hydrogen (secondary N) is 1. The summed E-state index contributed by atoms with van der Waals surface area (Å²) >= 11 is 0. The third kappa shape index (κ3) is 8.20. The van der Waals surface area contributed by atoms with E-state index in [1.54, 1.807) is 0 Å². The van der Waals surface area contributed by atoms with Crippen LogP contribution in [0.4, 0.5) is 0 Å². The quantitative estimate of drug-likeness (QED) is 0.361. The first kappa shape index (κ1) is 13.6. The molecule has 84 valence electrons. The number of hydrogen-bond acceptors (Lipinski definition) is 2. The maximum Gasteiger partial charge on any atom is 0.136 e. The molecule has 0 aromatic carbocycles. The highest BCUT2D eigenvalue weighted by Crippen LogP contribution is 2.04. The number of likely N-dealkylation sites (N-methyl/N-ethyl adjacent to an activating group) is 1. The van der Waals surface area contributed by atoms with Gasteiger partial charge in [0, 0.05) is 0 Å². The molecule has 1 N–H and O–H groups in total. The third-order valence-electron chi connectivity index (χ3n) is 2.38. The minimum atomic E-state index is 0.0547. The summed E-state index contributed by atoms with van der Waals surface area (Å²) in [5.74, 6) is 0. The van der Waals surface area contributed by atoms with Gasteiger partial charge in [-0.25, -0.2) is 0 Å². The van der Waals surface area contributed by atoms with Crippen molar-refractivity contribution < 1.29 is 9.28 Å². The van der Waals surface area contributed by atoms with Crippen LogP contribution in [0, 0.1) is 0 Å². The summed E-state index contributed by atoms with van der Waals surface area (Å²) in [6, 6.07) is 0.0547. The molecule has 0 spiro atoms. The molecule has 0 heterocycles. The standard InChI is InChI=1S/C11H25N2O/c1-12-11(10-14)8-6-5-7-9-13(2,3)4/h10-12H,5-9H2,1-4H3/q+1. The number of carbonyl (C=O) groups excluding carboxylic acids is 1. The maximum absolute atomic E-state index is 10.5. The van der Waals surface area contributed by atoms with Gasteiger partial charge >= 0.3 is 0 Å². The van der Waals surface area contributed by atoms with Gasteiger partial charge in [0.15, 0.2) is 0 Å². The van der Waals surface area contributed by atoms with E-state index in [1.807, 2.05) is 7.05 Å². The van der Waals surface area contributed by atoms with E-state index in [1.165, 1.54) is 19.4 Å². The number of unbranched alkanes of at least 4 members (excludes halogenated alkanes) is 2. The molecule has 14 heavy (non-hydrogen) atoms. The fourth-order valence-electron chi connectivity index (χ4n) is 1.41. The van der Waals surface area contributed by atoms with Crippen molar-refractivity contribution in [1.29, 1.82) is 0 Å². The molecule has 3 heteroatoms. The SMILES string of the molecule is CNC(C=O)CCCCC[N+](C)(C)C. The fourth-order valence-corrected chi connectivity index (χ4v) is 1.41. The smallest absolute Gasteiger partial charge is 0.136 e. The van der Waals surface area contributed by atoms with Gasteiger partial charge in [-0.15, -0.1) is 0 Å². The van der Waals surface area contributed by atoms with Crippen molar-refractivity contribution >= 4 is 6.29 Å². The van der Waals surface area contributed by atoms with Crippen LogP contribution in [0.3, 0.4) is 0 Å². The first-order valence-electron chi connectivity index (χ1n) is 5.42. The summed E-state index contributed by atoms with van der Waals surface area (Å²) in [4.78, 5) is 10.5. The van der Waals surface area contributed by atoms with Crippen LogP contribution in [0.5, 0.6) is 0 Å². The van der Waals surface area contributed by atoms with E-state index in [0.29, 0.717) is 0 Å². The van der Waals surface area contributed by atoms with Gasteiger partial charge in [0.2, 0.25) is 0 Å². The van der Waals surface area contributed by atoms with E-state index in [0.717, 1.165) is 23.6 Å². The van der Waals surface area contributed by atoms with E-state index in [9.17, 15) is 4.79 Å². The molecule has 0 aromatic heterocycles. The highest BCUT2D eigenvalue weighted by atomic mass is 16.1. The van der Waals surface area contributed by atoms with Crippen molar-refractivity contribution in [3.05, 3.63) is 0 Å². The second kappa shape index (κ2) is 6.96. The summed E-state index contributed by atoms with van der Waals surface area (Å²) in [6.45, 7) is 1.21. The maximum atomic E-state index is 10.5. The fraction of sp³-hybridized carbons (Fsp3) is 0.909. The van der Waals surface area contributed by atoms with E-state index >= 15 is 0 Å². The van der Waals surface area contributed by atoms with Crippen LogP contribution >= 0.6 is 0 Å². The number of carbonyl (C=O) groups is 1. The van der Waals surface area contributed by atoms with Gasteiger partial charge in [-0.2, -0.15) is 0 Å². The Bertz CT molecular complexity index is 152. The molecule has 0 aliphatic carbocycles. The molecule has 0 fully saturated rings. The number of quaternary nitrogens is 1.